The molecule has 0 radical (unpaired) electrons. The van der Waals surface area contributed by atoms with Gasteiger partial charge in [0, 0.05) is 6.92 Å². The fraction of sp³-hybridized carbons (Fsp3) is 0.0556. The van der Waals surface area contributed by atoms with Crippen molar-refractivity contribution in [2.75, 3.05) is 5.32 Å². The van der Waals surface area contributed by atoms with Crippen LogP contribution in [0.1, 0.15) is 22.8 Å². The zero-order valence-corrected chi connectivity index (χ0v) is 13.1. The van der Waals surface area contributed by atoms with E-state index in [2.05, 4.69) is 10.6 Å². The van der Waals surface area contributed by atoms with Crippen LogP contribution in [0.25, 0.3) is 6.08 Å². The molecule has 3 amide bonds. The monoisotopic (exact) mass is 323 g/mol. The molecule has 0 bridgehead atoms. The second-order valence-corrected chi connectivity index (χ2v) is 5.01. The first-order chi connectivity index (χ1) is 11.5. The maximum atomic E-state index is 12.5. The Hall–Kier alpha value is -3.41. The largest absolute Gasteiger partial charge is 0.366 e. The van der Waals surface area contributed by atoms with Gasteiger partial charge in [0.15, 0.2) is 0 Å². The van der Waals surface area contributed by atoms with Gasteiger partial charge in [-0.3, -0.25) is 14.4 Å². The van der Waals surface area contributed by atoms with E-state index in [1.807, 2.05) is 18.2 Å². The van der Waals surface area contributed by atoms with Crippen molar-refractivity contribution in [3.8, 4) is 0 Å². The lowest BCUT2D eigenvalue weighted by atomic mass is 10.1. The first-order valence-electron chi connectivity index (χ1n) is 7.22. The number of anilines is 1. The number of primary amides is 1. The molecule has 0 aliphatic heterocycles. The molecule has 0 fully saturated rings. The average molecular weight is 323 g/mol. The van der Waals surface area contributed by atoms with Crippen LogP contribution in [0, 0.1) is 0 Å². The molecule has 0 aromatic heterocycles. The summed E-state index contributed by atoms with van der Waals surface area (Å²) in [7, 11) is 0. The summed E-state index contributed by atoms with van der Waals surface area (Å²) in [5, 5.41) is 5.09. The van der Waals surface area contributed by atoms with Crippen molar-refractivity contribution in [2.45, 2.75) is 6.92 Å². The number of rotatable bonds is 5. The van der Waals surface area contributed by atoms with Gasteiger partial charge in [-0.15, -0.1) is 0 Å². The van der Waals surface area contributed by atoms with Gasteiger partial charge in [0.25, 0.3) is 11.8 Å². The molecule has 0 saturated carbocycles. The topological polar surface area (TPSA) is 101 Å². The van der Waals surface area contributed by atoms with Crippen molar-refractivity contribution in [2.24, 2.45) is 5.73 Å². The summed E-state index contributed by atoms with van der Waals surface area (Å²) in [6.07, 6.45) is 1.55. The summed E-state index contributed by atoms with van der Waals surface area (Å²) in [5.74, 6) is -1.59. The molecule has 6 heteroatoms. The third kappa shape index (κ3) is 4.54. The van der Waals surface area contributed by atoms with Crippen molar-refractivity contribution in [3.05, 3.63) is 71.4 Å². The minimum Gasteiger partial charge on any atom is -0.366 e. The van der Waals surface area contributed by atoms with Crippen molar-refractivity contribution in [1.82, 2.24) is 5.32 Å². The molecule has 0 saturated heterocycles. The number of nitrogens with one attached hydrogen (secondary N) is 2. The molecule has 2 rings (SSSR count). The van der Waals surface area contributed by atoms with Crippen LogP contribution in [-0.2, 0) is 9.59 Å². The number of carbonyl (C=O) groups is 3. The smallest absolute Gasteiger partial charge is 0.272 e. The lowest BCUT2D eigenvalue weighted by Gasteiger charge is -2.12. The van der Waals surface area contributed by atoms with Crippen LogP contribution >= 0.6 is 0 Å². The Morgan fingerprint density at radius 2 is 1.58 bits per heavy atom. The third-order valence-corrected chi connectivity index (χ3v) is 3.11. The zero-order chi connectivity index (χ0) is 17.5. The quantitative estimate of drug-likeness (QED) is 0.732. The fourth-order valence-electron chi connectivity index (χ4n) is 2.06. The number of hydrogen-bond acceptors (Lipinski definition) is 3. The molecule has 24 heavy (non-hydrogen) atoms. The lowest BCUT2D eigenvalue weighted by Crippen LogP contribution is -2.29. The summed E-state index contributed by atoms with van der Waals surface area (Å²) in [6, 6.07) is 15.5. The van der Waals surface area contributed by atoms with Crippen molar-refractivity contribution in [3.63, 3.8) is 0 Å². The van der Waals surface area contributed by atoms with Gasteiger partial charge in [-0.25, -0.2) is 0 Å². The van der Waals surface area contributed by atoms with Crippen LogP contribution in [0.5, 0.6) is 0 Å². The van der Waals surface area contributed by atoms with E-state index in [4.69, 9.17) is 5.73 Å². The van der Waals surface area contributed by atoms with E-state index < -0.39 is 11.8 Å². The predicted octanol–water partition coefficient (Wildman–Crippen LogP) is 1.90. The van der Waals surface area contributed by atoms with Crippen molar-refractivity contribution in [1.29, 1.82) is 0 Å². The highest BCUT2D eigenvalue weighted by atomic mass is 16.2. The summed E-state index contributed by atoms with van der Waals surface area (Å²) >= 11 is 0. The van der Waals surface area contributed by atoms with E-state index in [0.717, 1.165) is 5.56 Å². The first kappa shape index (κ1) is 17.0. The van der Waals surface area contributed by atoms with Crippen LogP contribution in [-0.4, -0.2) is 17.7 Å². The molecule has 0 spiro atoms. The minimum absolute atomic E-state index is 0.0629. The van der Waals surface area contributed by atoms with Crippen molar-refractivity contribution >= 4 is 29.5 Å². The highest BCUT2D eigenvalue weighted by molar-refractivity contribution is 6.11. The van der Waals surface area contributed by atoms with Crippen LogP contribution in [0.4, 0.5) is 5.69 Å². The molecule has 0 heterocycles. The molecular formula is C18H17N3O3. The van der Waals surface area contributed by atoms with Crippen LogP contribution in [0.15, 0.2) is 60.3 Å². The summed E-state index contributed by atoms with van der Waals surface area (Å²) in [6.45, 7) is 1.31. The van der Waals surface area contributed by atoms with E-state index in [-0.39, 0.29) is 22.9 Å². The number of nitrogens with two attached hydrogens (primary N) is 1. The Morgan fingerprint density at radius 1 is 0.958 bits per heavy atom. The molecule has 0 atom stereocenters. The zero-order valence-electron chi connectivity index (χ0n) is 13.1. The first-order valence-corrected chi connectivity index (χ1v) is 7.22. The van der Waals surface area contributed by atoms with Crippen LogP contribution in [0.3, 0.4) is 0 Å². The van der Waals surface area contributed by atoms with E-state index in [0.29, 0.717) is 0 Å². The highest BCUT2D eigenvalue weighted by Crippen LogP contribution is 2.15. The van der Waals surface area contributed by atoms with Crippen molar-refractivity contribution < 1.29 is 14.4 Å². The van der Waals surface area contributed by atoms with Gasteiger partial charge in [0.1, 0.15) is 5.70 Å². The normalized spacial score (nSPS) is 10.8. The predicted molar refractivity (Wildman–Crippen MR) is 91.8 cm³/mol. The Kier molecular flexibility index (Phi) is 5.46. The average Bonchev–Trinajstić information content (AvgIpc) is 2.55. The summed E-state index contributed by atoms with van der Waals surface area (Å²) in [4.78, 5) is 35.3. The molecule has 122 valence electrons. The third-order valence-electron chi connectivity index (χ3n) is 3.11. The Morgan fingerprint density at radius 3 is 2.21 bits per heavy atom. The fourth-order valence-corrected chi connectivity index (χ4v) is 2.06. The van der Waals surface area contributed by atoms with Gasteiger partial charge in [0.2, 0.25) is 5.91 Å². The van der Waals surface area contributed by atoms with Crippen LogP contribution in [0.2, 0.25) is 0 Å². The Bertz CT molecular complexity index is 798. The molecule has 4 N–H and O–H groups in total. The number of carbonyl (C=O) groups excluding carboxylic acids is 3. The SMILES string of the molecule is CC(=O)N/C(=C\c1ccccc1)C(=O)Nc1ccccc1C(N)=O. The van der Waals surface area contributed by atoms with E-state index in [1.165, 1.54) is 13.0 Å². The van der Waals surface area contributed by atoms with Crippen LogP contribution < -0.4 is 16.4 Å². The molecule has 0 unspecified atom stereocenters. The minimum atomic E-state index is -0.654. The lowest BCUT2D eigenvalue weighted by molar-refractivity contribution is -0.120. The van der Waals surface area contributed by atoms with Gasteiger partial charge in [-0.2, -0.15) is 0 Å². The van der Waals surface area contributed by atoms with Gasteiger partial charge < -0.3 is 16.4 Å². The Labute approximate surface area is 139 Å². The Balaban J connectivity index is 2.31. The second kappa shape index (κ2) is 7.73. The molecule has 0 aliphatic carbocycles. The molecular weight excluding hydrogens is 306 g/mol. The summed E-state index contributed by atoms with van der Waals surface area (Å²) in [5.41, 5.74) is 6.57. The number of benzene rings is 2. The molecule has 2 aromatic rings. The number of amides is 3. The van der Waals surface area contributed by atoms with E-state index in [9.17, 15) is 14.4 Å². The summed E-state index contributed by atoms with van der Waals surface area (Å²) < 4.78 is 0. The standard InChI is InChI=1S/C18H17N3O3/c1-12(22)20-16(11-13-7-3-2-4-8-13)18(24)21-15-10-6-5-9-14(15)17(19)23/h2-11H,1H3,(H2,19,23)(H,20,22)(H,21,24)/b16-11-. The molecule has 2 aromatic carbocycles. The van der Waals surface area contributed by atoms with Gasteiger partial charge >= 0.3 is 0 Å². The van der Waals surface area contributed by atoms with Gasteiger partial charge in [-0.1, -0.05) is 42.5 Å². The maximum absolute atomic E-state index is 12.5. The number of hydrogen-bond donors (Lipinski definition) is 3. The van der Waals surface area contributed by atoms with Gasteiger partial charge in [0.05, 0.1) is 11.3 Å². The maximum Gasteiger partial charge on any atom is 0.272 e. The highest BCUT2D eigenvalue weighted by Gasteiger charge is 2.15. The molecule has 6 nitrogen and oxygen atoms in total. The second-order valence-electron chi connectivity index (χ2n) is 5.01. The van der Waals surface area contributed by atoms with E-state index in [1.54, 1.807) is 36.4 Å². The van der Waals surface area contributed by atoms with E-state index >= 15 is 0 Å². The molecule has 0 aliphatic rings. The van der Waals surface area contributed by atoms with Gasteiger partial charge in [-0.05, 0) is 23.8 Å². The number of para-hydroxylation sites is 1.